The molecule has 1 aliphatic heterocycles. The number of benzene rings is 1. The molecular formula is C19H18N4O2. The molecule has 25 heavy (non-hydrogen) atoms. The van der Waals surface area contributed by atoms with Crippen LogP contribution in [-0.4, -0.2) is 34.8 Å². The minimum atomic E-state index is -0.320. The molecule has 0 spiro atoms. The number of carbonyl (C=O) groups excluding carboxylic acids is 2. The highest BCUT2D eigenvalue weighted by molar-refractivity contribution is 6.05. The number of hydrogen-bond donors (Lipinski definition) is 1. The van der Waals surface area contributed by atoms with E-state index >= 15 is 0 Å². The van der Waals surface area contributed by atoms with Crippen molar-refractivity contribution in [3.05, 3.63) is 59.4 Å². The molecule has 126 valence electrons. The molecule has 0 radical (unpaired) electrons. The van der Waals surface area contributed by atoms with E-state index in [0.717, 1.165) is 32.4 Å². The number of hydrogen-bond acceptors (Lipinski definition) is 4. The molecule has 0 unspecified atom stereocenters. The molecule has 1 N–H and O–H groups in total. The van der Waals surface area contributed by atoms with Crippen LogP contribution < -0.4 is 5.32 Å². The van der Waals surface area contributed by atoms with Crippen LogP contribution in [0.1, 0.15) is 45.7 Å². The number of carbonyl (C=O) groups is 2. The van der Waals surface area contributed by atoms with Gasteiger partial charge < -0.3 is 10.2 Å². The topological polar surface area (TPSA) is 86.1 Å². The lowest BCUT2D eigenvalue weighted by Gasteiger charge is -2.26. The van der Waals surface area contributed by atoms with Gasteiger partial charge in [-0.05, 0) is 55.7 Å². The van der Waals surface area contributed by atoms with Crippen LogP contribution >= 0.6 is 0 Å². The van der Waals surface area contributed by atoms with Gasteiger partial charge >= 0.3 is 0 Å². The number of nitrogens with one attached hydrogen (secondary N) is 1. The van der Waals surface area contributed by atoms with Gasteiger partial charge in [0.1, 0.15) is 5.69 Å². The van der Waals surface area contributed by atoms with E-state index in [-0.39, 0.29) is 17.5 Å². The molecule has 2 amide bonds. The fourth-order valence-electron chi connectivity index (χ4n) is 2.78. The molecule has 2 aromatic rings. The molecule has 2 heterocycles. The molecule has 1 aromatic heterocycles. The summed E-state index contributed by atoms with van der Waals surface area (Å²) in [6.45, 7) is 1.48. The summed E-state index contributed by atoms with van der Waals surface area (Å²) in [5.74, 6) is -0.451. The fourth-order valence-corrected chi connectivity index (χ4v) is 2.78. The predicted molar refractivity (Wildman–Crippen MR) is 93.1 cm³/mol. The highest BCUT2D eigenvalue weighted by Crippen LogP contribution is 2.14. The SMILES string of the molecule is N#Cc1ccc(NC(=O)c2ccnc(C(=O)N3CCCCC3)c2)cc1. The zero-order valence-electron chi connectivity index (χ0n) is 13.7. The normalized spacial score (nSPS) is 13.8. The number of anilines is 1. The summed E-state index contributed by atoms with van der Waals surface area (Å²) in [7, 11) is 0. The molecule has 0 bridgehead atoms. The summed E-state index contributed by atoms with van der Waals surface area (Å²) < 4.78 is 0. The van der Waals surface area contributed by atoms with E-state index in [1.165, 1.54) is 12.3 Å². The van der Waals surface area contributed by atoms with E-state index in [4.69, 9.17) is 5.26 Å². The maximum absolute atomic E-state index is 12.5. The Kier molecular flexibility index (Phi) is 5.05. The number of amides is 2. The van der Waals surface area contributed by atoms with Gasteiger partial charge in [0.2, 0.25) is 0 Å². The fraction of sp³-hybridized carbons (Fsp3) is 0.263. The number of nitrogens with zero attached hydrogens (tertiary/aromatic N) is 3. The third kappa shape index (κ3) is 4.01. The van der Waals surface area contributed by atoms with Gasteiger partial charge in [-0.1, -0.05) is 0 Å². The Labute approximate surface area is 146 Å². The lowest BCUT2D eigenvalue weighted by molar-refractivity contribution is 0.0718. The molecule has 6 nitrogen and oxygen atoms in total. The minimum Gasteiger partial charge on any atom is -0.337 e. The van der Waals surface area contributed by atoms with Gasteiger partial charge in [-0.25, -0.2) is 0 Å². The van der Waals surface area contributed by atoms with Crippen molar-refractivity contribution in [3.63, 3.8) is 0 Å². The van der Waals surface area contributed by atoms with Crippen LogP contribution in [0.4, 0.5) is 5.69 Å². The standard InChI is InChI=1S/C19H18N4O2/c20-13-14-4-6-16(7-5-14)22-18(24)15-8-9-21-17(12-15)19(25)23-10-2-1-3-11-23/h4-9,12H,1-3,10-11H2,(H,22,24). The Balaban J connectivity index is 1.72. The van der Waals surface area contributed by atoms with Crippen molar-refractivity contribution < 1.29 is 9.59 Å². The maximum atomic E-state index is 12.5. The highest BCUT2D eigenvalue weighted by Gasteiger charge is 2.20. The third-order valence-corrected chi connectivity index (χ3v) is 4.16. The quantitative estimate of drug-likeness (QED) is 0.935. The van der Waals surface area contributed by atoms with Gasteiger partial charge in [0.25, 0.3) is 11.8 Å². The maximum Gasteiger partial charge on any atom is 0.272 e. The van der Waals surface area contributed by atoms with Crippen molar-refractivity contribution in [2.45, 2.75) is 19.3 Å². The van der Waals surface area contributed by atoms with Crippen LogP contribution in [0.2, 0.25) is 0 Å². The van der Waals surface area contributed by atoms with E-state index in [1.54, 1.807) is 35.2 Å². The smallest absolute Gasteiger partial charge is 0.272 e. The van der Waals surface area contributed by atoms with Crippen molar-refractivity contribution in [1.29, 1.82) is 5.26 Å². The Morgan fingerprint density at radius 2 is 1.80 bits per heavy atom. The number of rotatable bonds is 3. The van der Waals surface area contributed by atoms with Crippen molar-refractivity contribution in [1.82, 2.24) is 9.88 Å². The Bertz CT molecular complexity index is 818. The van der Waals surface area contributed by atoms with Crippen LogP contribution in [0.3, 0.4) is 0 Å². The van der Waals surface area contributed by atoms with E-state index in [1.807, 2.05) is 6.07 Å². The van der Waals surface area contributed by atoms with Crippen molar-refractivity contribution in [2.75, 3.05) is 18.4 Å². The summed E-state index contributed by atoms with van der Waals surface area (Å²) >= 11 is 0. The Morgan fingerprint density at radius 1 is 1.08 bits per heavy atom. The first-order valence-corrected chi connectivity index (χ1v) is 8.24. The van der Waals surface area contributed by atoms with Crippen molar-refractivity contribution >= 4 is 17.5 Å². The summed E-state index contributed by atoms with van der Waals surface area (Å²) in [6, 6.07) is 11.7. The first-order valence-electron chi connectivity index (χ1n) is 8.24. The van der Waals surface area contributed by atoms with Gasteiger partial charge in [0.05, 0.1) is 11.6 Å². The molecule has 1 aromatic carbocycles. The zero-order valence-corrected chi connectivity index (χ0v) is 13.7. The van der Waals surface area contributed by atoms with Crippen LogP contribution in [0, 0.1) is 11.3 Å². The van der Waals surface area contributed by atoms with E-state index in [2.05, 4.69) is 10.3 Å². The molecule has 1 aliphatic rings. The number of aromatic nitrogens is 1. The molecule has 1 fully saturated rings. The molecule has 6 heteroatoms. The zero-order chi connectivity index (χ0) is 17.6. The summed E-state index contributed by atoms with van der Waals surface area (Å²) in [5, 5.41) is 11.6. The predicted octanol–water partition coefficient (Wildman–Crippen LogP) is 2.83. The van der Waals surface area contributed by atoms with E-state index < -0.39 is 0 Å². The average Bonchev–Trinajstić information content (AvgIpc) is 2.68. The van der Waals surface area contributed by atoms with Crippen LogP contribution in [0.5, 0.6) is 0 Å². The largest absolute Gasteiger partial charge is 0.337 e. The van der Waals surface area contributed by atoms with E-state index in [0.29, 0.717) is 16.8 Å². The van der Waals surface area contributed by atoms with Crippen LogP contribution in [0.25, 0.3) is 0 Å². The van der Waals surface area contributed by atoms with Gasteiger partial charge in [-0.2, -0.15) is 5.26 Å². The lowest BCUT2D eigenvalue weighted by Crippen LogP contribution is -2.36. The average molecular weight is 334 g/mol. The Morgan fingerprint density at radius 3 is 2.48 bits per heavy atom. The van der Waals surface area contributed by atoms with E-state index in [9.17, 15) is 9.59 Å². The van der Waals surface area contributed by atoms with Crippen LogP contribution in [-0.2, 0) is 0 Å². The lowest BCUT2D eigenvalue weighted by atomic mass is 10.1. The van der Waals surface area contributed by atoms with Crippen LogP contribution in [0.15, 0.2) is 42.6 Å². The molecule has 0 aliphatic carbocycles. The molecule has 0 atom stereocenters. The number of nitriles is 1. The number of piperidine rings is 1. The van der Waals surface area contributed by atoms with Gasteiger partial charge in [-0.15, -0.1) is 0 Å². The highest BCUT2D eigenvalue weighted by atomic mass is 16.2. The second kappa shape index (κ2) is 7.58. The number of likely N-dealkylation sites (tertiary alicyclic amines) is 1. The first-order chi connectivity index (χ1) is 12.2. The molecular weight excluding hydrogens is 316 g/mol. The van der Waals surface area contributed by atoms with Crippen molar-refractivity contribution in [3.8, 4) is 6.07 Å². The monoisotopic (exact) mass is 334 g/mol. The first kappa shape index (κ1) is 16.7. The van der Waals surface area contributed by atoms with Gasteiger partial charge in [0.15, 0.2) is 0 Å². The second-order valence-electron chi connectivity index (χ2n) is 5.93. The summed E-state index contributed by atoms with van der Waals surface area (Å²) in [4.78, 5) is 30.8. The summed E-state index contributed by atoms with van der Waals surface area (Å²) in [5.41, 5.74) is 1.77. The second-order valence-corrected chi connectivity index (χ2v) is 5.93. The molecule has 3 rings (SSSR count). The molecule has 0 saturated carbocycles. The minimum absolute atomic E-state index is 0.132. The number of pyridine rings is 1. The van der Waals surface area contributed by atoms with Crippen molar-refractivity contribution in [2.24, 2.45) is 0 Å². The summed E-state index contributed by atoms with van der Waals surface area (Å²) in [6.07, 6.45) is 4.63. The van der Waals surface area contributed by atoms with Gasteiger partial charge in [-0.3, -0.25) is 14.6 Å². The molecule has 1 saturated heterocycles. The Hall–Kier alpha value is -3.20. The third-order valence-electron chi connectivity index (χ3n) is 4.16. The van der Waals surface area contributed by atoms with Gasteiger partial charge in [0, 0.05) is 30.5 Å².